The molecule has 1 aromatic carbocycles. The van der Waals surface area contributed by atoms with E-state index in [-0.39, 0.29) is 11.4 Å². The number of aromatic nitrogens is 2. The SMILES string of the molecule is O=C(Nc1cnc(Br)cn1)c1cc(F)ccc1[N+](=O)[O-]. The number of hydrogen-bond donors (Lipinski definition) is 1. The Balaban J connectivity index is 2.31. The van der Waals surface area contributed by atoms with Gasteiger partial charge < -0.3 is 5.32 Å². The topological polar surface area (TPSA) is 98.0 Å². The van der Waals surface area contributed by atoms with Gasteiger partial charge in [-0.25, -0.2) is 14.4 Å². The number of carbonyl (C=O) groups is 1. The summed E-state index contributed by atoms with van der Waals surface area (Å²) in [4.78, 5) is 29.6. The summed E-state index contributed by atoms with van der Waals surface area (Å²) >= 11 is 3.07. The van der Waals surface area contributed by atoms with E-state index < -0.39 is 22.3 Å². The first kappa shape index (κ1) is 14.0. The first-order chi connectivity index (χ1) is 9.47. The summed E-state index contributed by atoms with van der Waals surface area (Å²) in [7, 11) is 0. The molecular weight excluding hydrogens is 335 g/mol. The lowest BCUT2D eigenvalue weighted by molar-refractivity contribution is -0.385. The third-order valence-electron chi connectivity index (χ3n) is 2.26. The van der Waals surface area contributed by atoms with Crippen LogP contribution in [0.1, 0.15) is 10.4 Å². The number of nitrogens with one attached hydrogen (secondary N) is 1. The third kappa shape index (κ3) is 3.12. The molecule has 7 nitrogen and oxygen atoms in total. The van der Waals surface area contributed by atoms with Gasteiger partial charge in [-0.2, -0.15) is 0 Å². The Hall–Kier alpha value is -2.42. The van der Waals surface area contributed by atoms with Crippen LogP contribution in [0.3, 0.4) is 0 Å². The van der Waals surface area contributed by atoms with Gasteiger partial charge in [0.2, 0.25) is 0 Å². The van der Waals surface area contributed by atoms with Crippen LogP contribution in [-0.4, -0.2) is 20.8 Å². The van der Waals surface area contributed by atoms with Crippen LogP contribution in [-0.2, 0) is 0 Å². The monoisotopic (exact) mass is 340 g/mol. The van der Waals surface area contributed by atoms with Gasteiger partial charge in [-0.05, 0) is 28.1 Å². The van der Waals surface area contributed by atoms with Gasteiger partial charge in [0, 0.05) is 6.07 Å². The van der Waals surface area contributed by atoms with Gasteiger partial charge in [-0.1, -0.05) is 0 Å². The highest BCUT2D eigenvalue weighted by molar-refractivity contribution is 9.10. The maximum absolute atomic E-state index is 13.1. The molecule has 9 heteroatoms. The van der Waals surface area contributed by atoms with E-state index in [2.05, 4.69) is 31.2 Å². The minimum atomic E-state index is -0.840. The summed E-state index contributed by atoms with van der Waals surface area (Å²) in [5, 5.41) is 13.1. The van der Waals surface area contributed by atoms with Crippen LogP contribution in [0.4, 0.5) is 15.9 Å². The Morgan fingerprint density at radius 2 is 2.10 bits per heavy atom. The molecule has 2 rings (SSSR count). The minimum absolute atomic E-state index is 0.0942. The lowest BCUT2D eigenvalue weighted by atomic mass is 10.1. The zero-order chi connectivity index (χ0) is 14.7. The van der Waals surface area contributed by atoms with E-state index in [0.717, 1.165) is 18.2 Å². The summed E-state index contributed by atoms with van der Waals surface area (Å²) in [6.45, 7) is 0. The lowest BCUT2D eigenvalue weighted by Crippen LogP contribution is -2.15. The van der Waals surface area contributed by atoms with Crippen molar-refractivity contribution in [3.8, 4) is 0 Å². The van der Waals surface area contributed by atoms with E-state index in [1.54, 1.807) is 0 Å². The number of hydrogen-bond acceptors (Lipinski definition) is 5. The number of anilines is 1. The summed E-state index contributed by atoms with van der Waals surface area (Å²) in [6.07, 6.45) is 2.60. The maximum Gasteiger partial charge on any atom is 0.282 e. The zero-order valence-corrected chi connectivity index (χ0v) is 11.3. The molecule has 0 bridgehead atoms. The van der Waals surface area contributed by atoms with Crippen molar-refractivity contribution < 1.29 is 14.1 Å². The molecule has 20 heavy (non-hydrogen) atoms. The van der Waals surface area contributed by atoms with Crippen LogP contribution < -0.4 is 5.32 Å². The number of nitro groups is 1. The second-order valence-electron chi connectivity index (χ2n) is 3.60. The summed E-state index contributed by atoms with van der Waals surface area (Å²) < 4.78 is 13.6. The van der Waals surface area contributed by atoms with E-state index >= 15 is 0 Å². The molecule has 0 fully saturated rings. The van der Waals surface area contributed by atoms with Crippen molar-refractivity contribution in [2.75, 3.05) is 5.32 Å². The number of carbonyl (C=O) groups excluding carboxylic acids is 1. The first-order valence-electron chi connectivity index (χ1n) is 5.20. The van der Waals surface area contributed by atoms with E-state index in [4.69, 9.17) is 0 Å². The molecule has 0 aliphatic carbocycles. The summed E-state index contributed by atoms with van der Waals surface area (Å²) in [5.74, 6) is -1.49. The van der Waals surface area contributed by atoms with Gasteiger partial charge >= 0.3 is 0 Å². The molecule has 0 unspecified atom stereocenters. The number of rotatable bonds is 3. The molecule has 1 aromatic heterocycles. The highest BCUT2D eigenvalue weighted by Gasteiger charge is 2.21. The Labute approximate surface area is 120 Å². The average molecular weight is 341 g/mol. The standard InChI is InChI=1S/C11H6BrFN4O3/c12-9-4-15-10(5-14-9)16-11(18)7-3-6(13)1-2-8(7)17(19)20/h1-5H,(H,15,16,18). The largest absolute Gasteiger partial charge is 0.305 e. The molecule has 1 heterocycles. The van der Waals surface area contributed by atoms with E-state index in [1.807, 2.05) is 0 Å². The quantitative estimate of drug-likeness (QED) is 0.683. The van der Waals surface area contributed by atoms with Crippen LogP contribution in [0.25, 0.3) is 0 Å². The highest BCUT2D eigenvalue weighted by Crippen LogP contribution is 2.20. The Kier molecular flexibility index (Phi) is 3.99. The van der Waals surface area contributed by atoms with Crippen LogP contribution in [0.15, 0.2) is 35.2 Å². The van der Waals surface area contributed by atoms with Crippen LogP contribution >= 0.6 is 15.9 Å². The van der Waals surface area contributed by atoms with Crippen LogP contribution in [0.2, 0.25) is 0 Å². The zero-order valence-electron chi connectivity index (χ0n) is 9.71. The number of halogens is 2. The molecule has 1 N–H and O–H groups in total. The lowest BCUT2D eigenvalue weighted by Gasteiger charge is -2.05. The van der Waals surface area contributed by atoms with Gasteiger partial charge in [-0.3, -0.25) is 14.9 Å². The van der Waals surface area contributed by atoms with E-state index in [1.165, 1.54) is 12.4 Å². The van der Waals surface area contributed by atoms with Gasteiger partial charge in [0.05, 0.1) is 17.3 Å². The fourth-order valence-corrected chi connectivity index (χ4v) is 1.61. The molecule has 0 spiro atoms. The molecule has 0 aliphatic heterocycles. The number of benzene rings is 1. The van der Waals surface area contributed by atoms with E-state index in [0.29, 0.717) is 4.60 Å². The van der Waals surface area contributed by atoms with Gasteiger partial charge in [0.15, 0.2) is 5.82 Å². The minimum Gasteiger partial charge on any atom is -0.305 e. The van der Waals surface area contributed by atoms with Crippen molar-refractivity contribution in [2.24, 2.45) is 0 Å². The molecule has 0 saturated heterocycles. The van der Waals surface area contributed by atoms with Crippen LogP contribution in [0.5, 0.6) is 0 Å². The van der Waals surface area contributed by atoms with Crippen molar-refractivity contribution >= 4 is 33.3 Å². The molecule has 0 saturated carbocycles. The predicted octanol–water partition coefficient (Wildman–Crippen LogP) is 2.54. The van der Waals surface area contributed by atoms with Gasteiger partial charge in [0.1, 0.15) is 16.0 Å². The van der Waals surface area contributed by atoms with Gasteiger partial charge in [0.25, 0.3) is 11.6 Å². The number of nitro benzene ring substituents is 1. The third-order valence-corrected chi connectivity index (χ3v) is 2.67. The van der Waals surface area contributed by atoms with Crippen molar-refractivity contribution in [1.82, 2.24) is 9.97 Å². The molecule has 0 aliphatic rings. The average Bonchev–Trinajstić information content (AvgIpc) is 2.41. The van der Waals surface area contributed by atoms with Gasteiger partial charge in [-0.15, -0.1) is 0 Å². The number of nitrogens with zero attached hydrogens (tertiary/aromatic N) is 3. The molecular formula is C11H6BrFN4O3. The molecule has 0 atom stereocenters. The predicted molar refractivity (Wildman–Crippen MR) is 70.7 cm³/mol. The van der Waals surface area contributed by atoms with Crippen molar-refractivity contribution in [3.63, 3.8) is 0 Å². The summed E-state index contributed by atoms with van der Waals surface area (Å²) in [5.41, 5.74) is -0.881. The molecule has 1 amide bonds. The smallest absolute Gasteiger partial charge is 0.282 e. The molecule has 0 radical (unpaired) electrons. The summed E-state index contributed by atoms with van der Waals surface area (Å²) in [6, 6.07) is 2.63. The molecule has 102 valence electrons. The Morgan fingerprint density at radius 3 is 2.70 bits per heavy atom. The Bertz CT molecular complexity index is 678. The normalized spacial score (nSPS) is 10.1. The number of amides is 1. The van der Waals surface area contributed by atoms with Crippen LogP contribution in [0, 0.1) is 15.9 Å². The fraction of sp³-hybridized carbons (Fsp3) is 0. The second kappa shape index (κ2) is 5.70. The molecule has 2 aromatic rings. The van der Waals surface area contributed by atoms with Crippen molar-refractivity contribution in [2.45, 2.75) is 0 Å². The fourth-order valence-electron chi connectivity index (χ4n) is 1.41. The second-order valence-corrected chi connectivity index (χ2v) is 4.41. The Morgan fingerprint density at radius 1 is 1.35 bits per heavy atom. The first-order valence-corrected chi connectivity index (χ1v) is 5.99. The van der Waals surface area contributed by atoms with Crippen molar-refractivity contribution in [1.29, 1.82) is 0 Å². The van der Waals surface area contributed by atoms with E-state index in [9.17, 15) is 19.3 Å². The maximum atomic E-state index is 13.1. The highest BCUT2D eigenvalue weighted by atomic mass is 79.9. The van der Waals surface area contributed by atoms with Crippen molar-refractivity contribution in [3.05, 3.63) is 56.7 Å².